The quantitative estimate of drug-likeness (QED) is 0.784. The highest BCUT2D eigenvalue weighted by Gasteiger charge is 2.35. The zero-order chi connectivity index (χ0) is 10.8. The Labute approximate surface area is 87.8 Å². The van der Waals surface area contributed by atoms with E-state index >= 15 is 0 Å². The third-order valence-electron chi connectivity index (χ3n) is 2.82. The van der Waals surface area contributed by atoms with Gasteiger partial charge in [0, 0.05) is 31.7 Å². The van der Waals surface area contributed by atoms with Crippen molar-refractivity contribution in [2.75, 3.05) is 13.1 Å². The van der Waals surface area contributed by atoms with Crippen molar-refractivity contribution < 1.29 is 9.90 Å². The van der Waals surface area contributed by atoms with Gasteiger partial charge in [0.25, 0.3) is 0 Å². The normalized spacial score (nSPS) is 19.5. The van der Waals surface area contributed by atoms with Crippen molar-refractivity contribution in [3.8, 4) is 0 Å². The van der Waals surface area contributed by atoms with Crippen LogP contribution in [0, 0.1) is 5.92 Å². The third-order valence-corrected chi connectivity index (χ3v) is 2.82. The lowest BCUT2D eigenvalue weighted by atomic mass is 9.97. The molecule has 0 unspecified atom stereocenters. The van der Waals surface area contributed by atoms with Crippen LogP contribution < -0.4 is 0 Å². The second-order valence-electron chi connectivity index (χ2n) is 3.80. The van der Waals surface area contributed by atoms with Gasteiger partial charge in [0.15, 0.2) is 0 Å². The van der Waals surface area contributed by atoms with Crippen LogP contribution in [0.1, 0.15) is 18.7 Å². The summed E-state index contributed by atoms with van der Waals surface area (Å²) in [4.78, 5) is 20.9. The van der Waals surface area contributed by atoms with Crippen LogP contribution in [-0.2, 0) is 4.79 Å². The average molecular weight is 207 g/mol. The van der Waals surface area contributed by atoms with Gasteiger partial charge in [-0.05, 0) is 6.92 Å². The van der Waals surface area contributed by atoms with Crippen molar-refractivity contribution in [3.63, 3.8) is 0 Å². The summed E-state index contributed by atoms with van der Waals surface area (Å²) in [6.45, 7) is 3.22. The Kier molecular flexibility index (Phi) is 2.64. The lowest BCUT2D eigenvalue weighted by Gasteiger charge is -2.40. The van der Waals surface area contributed by atoms with E-state index in [1.54, 1.807) is 18.6 Å². The lowest BCUT2D eigenvalue weighted by Crippen LogP contribution is -2.51. The number of aliphatic carboxylic acids is 1. The molecule has 0 aromatic carbocycles. The number of hydrogen-bond donors (Lipinski definition) is 1. The van der Waals surface area contributed by atoms with Crippen molar-refractivity contribution in [2.24, 2.45) is 5.92 Å². The Morgan fingerprint density at radius 2 is 2.33 bits per heavy atom. The SMILES string of the molecule is C[C@H](c1cnccn1)N1CC(C(=O)O)C1. The molecule has 1 aromatic heterocycles. The Morgan fingerprint density at radius 3 is 2.87 bits per heavy atom. The summed E-state index contributed by atoms with van der Waals surface area (Å²) in [6.07, 6.45) is 5.01. The molecule has 80 valence electrons. The summed E-state index contributed by atoms with van der Waals surface area (Å²) in [5.41, 5.74) is 0.890. The summed E-state index contributed by atoms with van der Waals surface area (Å²) in [5, 5.41) is 8.75. The molecular formula is C10H13N3O2. The predicted octanol–water partition coefficient (Wildman–Crippen LogP) is 0.554. The van der Waals surface area contributed by atoms with Crippen LogP contribution in [0.15, 0.2) is 18.6 Å². The van der Waals surface area contributed by atoms with Crippen LogP contribution in [0.2, 0.25) is 0 Å². The van der Waals surface area contributed by atoms with Gasteiger partial charge in [-0.15, -0.1) is 0 Å². The number of hydrogen-bond acceptors (Lipinski definition) is 4. The van der Waals surface area contributed by atoms with E-state index in [0.29, 0.717) is 13.1 Å². The summed E-state index contributed by atoms with van der Waals surface area (Å²) >= 11 is 0. The molecule has 5 heteroatoms. The fourth-order valence-corrected chi connectivity index (χ4v) is 1.70. The second kappa shape index (κ2) is 3.94. The highest BCUT2D eigenvalue weighted by molar-refractivity contribution is 5.71. The lowest BCUT2D eigenvalue weighted by molar-refractivity contribution is -0.148. The summed E-state index contributed by atoms with van der Waals surface area (Å²) in [5.74, 6) is -0.929. The molecule has 5 nitrogen and oxygen atoms in total. The fourth-order valence-electron chi connectivity index (χ4n) is 1.70. The number of carboxylic acids is 1. The molecule has 1 fully saturated rings. The van der Waals surface area contributed by atoms with Gasteiger partial charge in [-0.2, -0.15) is 0 Å². The van der Waals surface area contributed by atoms with E-state index in [1.807, 2.05) is 6.92 Å². The van der Waals surface area contributed by atoms with Crippen molar-refractivity contribution in [1.82, 2.24) is 14.9 Å². The van der Waals surface area contributed by atoms with E-state index in [2.05, 4.69) is 14.9 Å². The van der Waals surface area contributed by atoms with Gasteiger partial charge in [0.05, 0.1) is 17.7 Å². The monoisotopic (exact) mass is 207 g/mol. The van der Waals surface area contributed by atoms with Crippen molar-refractivity contribution in [1.29, 1.82) is 0 Å². The van der Waals surface area contributed by atoms with E-state index in [9.17, 15) is 4.79 Å². The molecule has 15 heavy (non-hydrogen) atoms. The molecule has 1 aromatic rings. The standard InChI is InChI=1S/C10H13N3O2/c1-7(9-4-11-2-3-12-9)13-5-8(6-13)10(14)15/h2-4,7-8H,5-6H2,1H3,(H,14,15)/t7-/m1/s1. The number of carbonyl (C=O) groups is 1. The first-order valence-corrected chi connectivity index (χ1v) is 4.91. The molecule has 2 rings (SSSR count). The fraction of sp³-hybridized carbons (Fsp3) is 0.500. The first-order chi connectivity index (χ1) is 7.18. The molecule has 2 heterocycles. The number of carboxylic acid groups (broad SMARTS) is 1. The van der Waals surface area contributed by atoms with Gasteiger partial charge < -0.3 is 5.11 Å². The highest BCUT2D eigenvalue weighted by Crippen LogP contribution is 2.26. The Morgan fingerprint density at radius 1 is 1.60 bits per heavy atom. The van der Waals surface area contributed by atoms with E-state index < -0.39 is 5.97 Å². The largest absolute Gasteiger partial charge is 0.481 e. The van der Waals surface area contributed by atoms with Crippen molar-refractivity contribution in [2.45, 2.75) is 13.0 Å². The Bertz CT molecular complexity index is 349. The molecule has 0 amide bonds. The van der Waals surface area contributed by atoms with Crippen molar-refractivity contribution >= 4 is 5.97 Å². The van der Waals surface area contributed by atoms with Crippen molar-refractivity contribution in [3.05, 3.63) is 24.3 Å². The molecule has 1 N–H and O–H groups in total. The van der Waals surface area contributed by atoms with Crippen LogP contribution in [0.3, 0.4) is 0 Å². The molecule has 1 saturated heterocycles. The van der Waals surface area contributed by atoms with Gasteiger partial charge in [-0.3, -0.25) is 19.7 Å². The van der Waals surface area contributed by atoms with Crippen LogP contribution >= 0.6 is 0 Å². The van der Waals surface area contributed by atoms with Gasteiger partial charge in [0.1, 0.15) is 0 Å². The van der Waals surface area contributed by atoms with E-state index in [4.69, 9.17) is 5.11 Å². The first kappa shape index (κ1) is 10.0. The Hall–Kier alpha value is -1.49. The second-order valence-corrected chi connectivity index (χ2v) is 3.80. The maximum absolute atomic E-state index is 10.6. The molecular weight excluding hydrogens is 194 g/mol. The van der Waals surface area contributed by atoms with Gasteiger partial charge in [0.2, 0.25) is 0 Å². The molecule has 0 spiro atoms. The van der Waals surface area contributed by atoms with Gasteiger partial charge in [-0.25, -0.2) is 0 Å². The molecule has 0 radical (unpaired) electrons. The summed E-state index contributed by atoms with van der Waals surface area (Å²) in [6, 6.07) is 0.147. The third kappa shape index (κ3) is 1.97. The Balaban J connectivity index is 1.95. The minimum absolute atomic E-state index is 0.147. The smallest absolute Gasteiger partial charge is 0.309 e. The molecule has 1 aliphatic heterocycles. The topological polar surface area (TPSA) is 66.3 Å². The maximum atomic E-state index is 10.6. The molecule has 1 aliphatic rings. The molecule has 0 bridgehead atoms. The number of rotatable bonds is 3. The zero-order valence-electron chi connectivity index (χ0n) is 8.50. The highest BCUT2D eigenvalue weighted by atomic mass is 16.4. The summed E-state index contributed by atoms with van der Waals surface area (Å²) < 4.78 is 0. The zero-order valence-corrected chi connectivity index (χ0v) is 8.50. The van der Waals surface area contributed by atoms with E-state index in [1.165, 1.54) is 0 Å². The maximum Gasteiger partial charge on any atom is 0.309 e. The van der Waals surface area contributed by atoms with Gasteiger partial charge >= 0.3 is 5.97 Å². The average Bonchev–Trinajstić information content (AvgIpc) is 2.16. The number of nitrogens with zero attached hydrogens (tertiary/aromatic N) is 3. The molecule has 0 aliphatic carbocycles. The minimum atomic E-state index is -0.711. The number of aromatic nitrogens is 2. The summed E-state index contributed by atoms with van der Waals surface area (Å²) in [7, 11) is 0. The molecule has 0 saturated carbocycles. The number of likely N-dealkylation sites (tertiary alicyclic amines) is 1. The van der Waals surface area contributed by atoms with Crippen LogP contribution in [0.25, 0.3) is 0 Å². The van der Waals surface area contributed by atoms with Crippen LogP contribution in [0.5, 0.6) is 0 Å². The first-order valence-electron chi connectivity index (χ1n) is 4.91. The van der Waals surface area contributed by atoms with E-state index in [0.717, 1.165) is 5.69 Å². The van der Waals surface area contributed by atoms with Crippen LogP contribution in [0.4, 0.5) is 0 Å². The minimum Gasteiger partial charge on any atom is -0.481 e. The predicted molar refractivity (Wildman–Crippen MR) is 53.1 cm³/mol. The van der Waals surface area contributed by atoms with Gasteiger partial charge in [-0.1, -0.05) is 0 Å². The van der Waals surface area contributed by atoms with E-state index in [-0.39, 0.29) is 12.0 Å². The molecule has 1 atom stereocenters. The van der Waals surface area contributed by atoms with Crippen LogP contribution in [-0.4, -0.2) is 39.0 Å².